The van der Waals surface area contributed by atoms with Crippen LogP contribution in [0.3, 0.4) is 0 Å². The van der Waals surface area contributed by atoms with E-state index in [0.29, 0.717) is 37.3 Å². The number of carbonyl (C=O) groups is 1. The third-order valence-corrected chi connectivity index (χ3v) is 6.24. The van der Waals surface area contributed by atoms with Crippen molar-refractivity contribution in [1.29, 1.82) is 0 Å². The molecule has 2 amide bonds. The molecule has 0 fully saturated rings. The molecular formula is C25H24F3N7O2S. The van der Waals surface area contributed by atoms with Gasteiger partial charge in [0.1, 0.15) is 10.8 Å². The van der Waals surface area contributed by atoms with Gasteiger partial charge in [-0.05, 0) is 24.1 Å². The van der Waals surface area contributed by atoms with E-state index < -0.39 is 34.7 Å². The Morgan fingerprint density at radius 3 is 2.50 bits per heavy atom. The molecule has 0 aliphatic rings. The number of carbonyl (C=O) groups excluding carboxylic acids is 1. The number of nitrogens with two attached hydrogens (primary N) is 1. The zero-order chi connectivity index (χ0) is 27.1. The maximum absolute atomic E-state index is 13.7. The number of aromatic amines is 1. The van der Waals surface area contributed by atoms with Crippen LogP contribution in [-0.4, -0.2) is 39.0 Å². The zero-order valence-corrected chi connectivity index (χ0v) is 20.8. The number of urea groups is 1. The van der Waals surface area contributed by atoms with Crippen LogP contribution in [0.2, 0.25) is 0 Å². The van der Waals surface area contributed by atoms with Crippen LogP contribution >= 0.6 is 11.3 Å². The lowest BCUT2D eigenvalue weighted by Crippen LogP contribution is -2.25. The van der Waals surface area contributed by atoms with Crippen molar-refractivity contribution in [3.8, 4) is 11.1 Å². The fourth-order valence-electron chi connectivity index (χ4n) is 3.65. The van der Waals surface area contributed by atoms with E-state index in [1.54, 1.807) is 29.7 Å². The summed E-state index contributed by atoms with van der Waals surface area (Å²) in [5.41, 5.74) is 6.44. The van der Waals surface area contributed by atoms with Gasteiger partial charge in [-0.3, -0.25) is 15.0 Å². The Morgan fingerprint density at radius 2 is 1.82 bits per heavy atom. The van der Waals surface area contributed by atoms with E-state index in [4.69, 9.17) is 5.73 Å². The van der Waals surface area contributed by atoms with Gasteiger partial charge in [-0.1, -0.05) is 24.3 Å². The molecule has 0 unspecified atom stereocenters. The zero-order valence-electron chi connectivity index (χ0n) is 20.0. The largest absolute Gasteiger partial charge is 0.331 e. The molecule has 0 bridgehead atoms. The molecule has 38 heavy (non-hydrogen) atoms. The summed E-state index contributed by atoms with van der Waals surface area (Å²) in [4.78, 5) is 37.8. The van der Waals surface area contributed by atoms with Gasteiger partial charge in [-0.2, -0.15) is 4.98 Å². The van der Waals surface area contributed by atoms with Crippen LogP contribution in [0.5, 0.6) is 0 Å². The number of thiazole rings is 1. The van der Waals surface area contributed by atoms with Gasteiger partial charge >= 0.3 is 6.03 Å². The number of anilines is 2. The van der Waals surface area contributed by atoms with Crippen molar-refractivity contribution in [1.82, 2.24) is 19.9 Å². The molecule has 9 nitrogen and oxygen atoms in total. The monoisotopic (exact) mass is 543 g/mol. The fourth-order valence-corrected chi connectivity index (χ4v) is 4.30. The van der Waals surface area contributed by atoms with Gasteiger partial charge < -0.3 is 16.0 Å². The Balaban J connectivity index is 1.40. The molecule has 13 heteroatoms. The Labute approximate surface area is 219 Å². The molecule has 0 saturated carbocycles. The summed E-state index contributed by atoms with van der Waals surface area (Å²) in [5, 5.41) is 7.21. The second kappa shape index (κ2) is 12.4. The summed E-state index contributed by atoms with van der Waals surface area (Å²) in [6.07, 6.45) is 4.02. The van der Waals surface area contributed by atoms with E-state index in [1.807, 2.05) is 22.8 Å². The first-order valence-corrected chi connectivity index (χ1v) is 12.4. The highest BCUT2D eigenvalue weighted by molar-refractivity contribution is 7.09. The molecule has 0 spiro atoms. The number of aromatic nitrogens is 3. The van der Waals surface area contributed by atoms with Crippen LogP contribution in [0.4, 0.5) is 29.6 Å². The minimum atomic E-state index is -1.39. The number of amides is 2. The van der Waals surface area contributed by atoms with Crippen molar-refractivity contribution in [3.63, 3.8) is 0 Å². The first-order chi connectivity index (χ1) is 18.3. The minimum absolute atomic E-state index is 0.214. The van der Waals surface area contributed by atoms with Gasteiger partial charge in [0.05, 0.1) is 17.8 Å². The Morgan fingerprint density at radius 1 is 1.05 bits per heavy atom. The summed E-state index contributed by atoms with van der Waals surface area (Å²) in [6.45, 7) is 2.82. The SMILES string of the molecule is NCCCN(Cc1ccc(-c2c[nH]c(NC(=O)Nc3cc(F)c(F)cc3F)nc2=O)cc1)Cc1nccs1. The highest BCUT2D eigenvalue weighted by atomic mass is 32.1. The molecule has 0 saturated heterocycles. The minimum Gasteiger partial charge on any atom is -0.331 e. The topological polar surface area (TPSA) is 129 Å². The van der Waals surface area contributed by atoms with Crippen molar-refractivity contribution in [2.45, 2.75) is 19.5 Å². The summed E-state index contributed by atoms with van der Waals surface area (Å²) in [5.74, 6) is -4.09. The molecule has 4 aromatic rings. The van der Waals surface area contributed by atoms with E-state index in [2.05, 4.69) is 25.2 Å². The van der Waals surface area contributed by atoms with Crippen LogP contribution < -0.4 is 21.9 Å². The normalized spacial score (nSPS) is 11.1. The third kappa shape index (κ3) is 7.03. The van der Waals surface area contributed by atoms with Crippen LogP contribution in [-0.2, 0) is 13.1 Å². The predicted octanol–water partition coefficient (Wildman–Crippen LogP) is 4.31. The lowest BCUT2D eigenvalue weighted by Gasteiger charge is -2.21. The molecular weight excluding hydrogens is 519 g/mol. The number of halogens is 3. The van der Waals surface area contributed by atoms with E-state index >= 15 is 0 Å². The lowest BCUT2D eigenvalue weighted by atomic mass is 10.1. The first kappa shape index (κ1) is 27.0. The van der Waals surface area contributed by atoms with Gasteiger partial charge in [0.15, 0.2) is 11.6 Å². The van der Waals surface area contributed by atoms with E-state index in [9.17, 15) is 22.8 Å². The summed E-state index contributed by atoms with van der Waals surface area (Å²) < 4.78 is 40.1. The Hall–Kier alpha value is -4.07. The quantitative estimate of drug-likeness (QED) is 0.221. The Bertz CT molecular complexity index is 1450. The molecule has 0 aliphatic heterocycles. The fraction of sp³-hybridized carbons (Fsp3) is 0.200. The molecule has 0 aliphatic carbocycles. The number of benzene rings is 2. The van der Waals surface area contributed by atoms with Gasteiger partial charge in [-0.25, -0.2) is 22.9 Å². The average molecular weight is 544 g/mol. The summed E-state index contributed by atoms with van der Waals surface area (Å²) in [6, 6.07) is 7.25. The molecule has 0 atom stereocenters. The number of nitrogens with one attached hydrogen (secondary N) is 3. The highest BCUT2D eigenvalue weighted by Crippen LogP contribution is 2.20. The lowest BCUT2D eigenvalue weighted by molar-refractivity contribution is 0.254. The maximum Gasteiger partial charge on any atom is 0.326 e. The highest BCUT2D eigenvalue weighted by Gasteiger charge is 2.14. The summed E-state index contributed by atoms with van der Waals surface area (Å²) in [7, 11) is 0. The first-order valence-electron chi connectivity index (χ1n) is 11.5. The van der Waals surface area contributed by atoms with Crippen LogP contribution in [0.15, 0.2) is 59.0 Å². The van der Waals surface area contributed by atoms with Crippen LogP contribution in [0.25, 0.3) is 11.1 Å². The third-order valence-electron chi connectivity index (χ3n) is 5.48. The van der Waals surface area contributed by atoms with Crippen LogP contribution in [0.1, 0.15) is 17.0 Å². The van der Waals surface area contributed by atoms with E-state index in [-0.39, 0.29) is 11.5 Å². The van der Waals surface area contributed by atoms with Gasteiger partial charge in [0.25, 0.3) is 5.56 Å². The van der Waals surface area contributed by atoms with Crippen molar-refractivity contribution in [2.75, 3.05) is 23.7 Å². The second-order valence-electron chi connectivity index (χ2n) is 8.27. The molecule has 5 N–H and O–H groups in total. The van der Waals surface area contributed by atoms with Crippen molar-refractivity contribution in [2.24, 2.45) is 5.73 Å². The Kier molecular flexibility index (Phi) is 8.84. The van der Waals surface area contributed by atoms with E-state index in [0.717, 1.165) is 23.5 Å². The maximum atomic E-state index is 13.7. The molecule has 2 aromatic carbocycles. The molecule has 2 heterocycles. The molecule has 2 aromatic heterocycles. The molecule has 4 rings (SSSR count). The van der Waals surface area contributed by atoms with E-state index in [1.165, 1.54) is 6.20 Å². The average Bonchev–Trinajstić information content (AvgIpc) is 3.40. The number of hydrogen-bond acceptors (Lipinski definition) is 7. The van der Waals surface area contributed by atoms with Gasteiger partial charge in [-0.15, -0.1) is 11.3 Å². The summed E-state index contributed by atoms with van der Waals surface area (Å²) >= 11 is 1.60. The van der Waals surface area contributed by atoms with Crippen LogP contribution in [0, 0.1) is 17.5 Å². The smallest absolute Gasteiger partial charge is 0.326 e. The number of H-pyrrole nitrogens is 1. The number of hydrogen-bond donors (Lipinski definition) is 4. The standard InChI is InChI=1S/C25H24F3N7O2S/c26-18-10-20(28)21(11-19(18)27)32-25(37)34-24-31-12-17(23(36)33-24)16-4-2-15(3-5-16)13-35(8-1-6-29)14-22-30-7-9-38-22/h2-5,7,9-12H,1,6,8,13-14,29H2,(H3,31,32,33,34,36,37). The van der Waals surface area contributed by atoms with Gasteiger partial charge in [0, 0.05) is 43.0 Å². The van der Waals surface area contributed by atoms with Crippen molar-refractivity contribution >= 4 is 29.0 Å². The van der Waals surface area contributed by atoms with Gasteiger partial charge in [0.2, 0.25) is 5.95 Å². The number of nitrogens with zero attached hydrogens (tertiary/aromatic N) is 3. The van der Waals surface area contributed by atoms with Crippen molar-refractivity contribution in [3.05, 3.63) is 92.5 Å². The molecule has 0 radical (unpaired) electrons. The second-order valence-corrected chi connectivity index (χ2v) is 9.25. The predicted molar refractivity (Wildman–Crippen MR) is 139 cm³/mol. The van der Waals surface area contributed by atoms with Crippen molar-refractivity contribution < 1.29 is 18.0 Å². The molecule has 198 valence electrons. The number of rotatable bonds is 10.